The monoisotopic (exact) mass is 301 g/mol. The van der Waals surface area contributed by atoms with Crippen molar-refractivity contribution < 1.29 is 31.8 Å². The van der Waals surface area contributed by atoms with E-state index in [1.807, 2.05) is 0 Å². The second kappa shape index (κ2) is 6.29. The Bertz CT molecular complexity index is 450. The van der Waals surface area contributed by atoms with Gasteiger partial charge in [-0.3, -0.25) is 0 Å². The minimum absolute atomic E-state index is 0.224. The summed E-state index contributed by atoms with van der Waals surface area (Å²) in [6.07, 6.45) is -3.78. The van der Waals surface area contributed by atoms with Crippen LogP contribution in [0.15, 0.2) is 0 Å². The van der Waals surface area contributed by atoms with E-state index in [4.69, 9.17) is 0 Å². The van der Waals surface area contributed by atoms with E-state index < -0.39 is 24.9 Å². The summed E-state index contributed by atoms with van der Waals surface area (Å²) >= 11 is 0.908. The van der Waals surface area contributed by atoms with Crippen molar-refractivity contribution in [2.75, 3.05) is 13.7 Å². The lowest BCUT2D eigenvalue weighted by Crippen LogP contribution is -2.32. The standard InChI is InChI=1S/C10H11F4NO3S/c1-5-7(8(16)17-2)19-6(15-5)3-18-4-10(13,14)9(11)12/h9H,3-4H2,1-2H3. The van der Waals surface area contributed by atoms with Crippen LogP contribution in [0.4, 0.5) is 17.6 Å². The first-order valence-corrected chi connectivity index (χ1v) is 5.88. The van der Waals surface area contributed by atoms with E-state index in [0.29, 0.717) is 5.69 Å². The molecule has 1 heterocycles. The van der Waals surface area contributed by atoms with Crippen molar-refractivity contribution in [3.8, 4) is 0 Å². The third-order valence-corrected chi connectivity index (χ3v) is 3.16. The Morgan fingerprint density at radius 2 is 2.11 bits per heavy atom. The molecule has 0 atom stereocenters. The highest BCUT2D eigenvalue weighted by Crippen LogP contribution is 2.24. The summed E-state index contributed by atoms with van der Waals surface area (Å²) in [5, 5.41) is 0.239. The van der Waals surface area contributed by atoms with Crippen LogP contribution in [0.3, 0.4) is 0 Å². The van der Waals surface area contributed by atoms with Crippen LogP contribution >= 0.6 is 11.3 Å². The van der Waals surface area contributed by atoms with E-state index in [0.717, 1.165) is 11.3 Å². The van der Waals surface area contributed by atoms with E-state index in [1.165, 1.54) is 7.11 Å². The maximum atomic E-state index is 12.6. The summed E-state index contributed by atoms with van der Waals surface area (Å²) < 4.78 is 57.8. The Morgan fingerprint density at radius 3 is 2.63 bits per heavy atom. The number of aryl methyl sites for hydroxylation is 1. The predicted octanol–water partition coefficient (Wildman–Crippen LogP) is 2.66. The van der Waals surface area contributed by atoms with Crippen molar-refractivity contribution >= 4 is 17.3 Å². The number of carbonyl (C=O) groups excluding carboxylic acids is 1. The summed E-state index contributed by atoms with van der Waals surface area (Å²) in [5.41, 5.74) is 0.371. The van der Waals surface area contributed by atoms with Gasteiger partial charge in [0, 0.05) is 0 Å². The number of esters is 1. The van der Waals surface area contributed by atoms with Gasteiger partial charge < -0.3 is 9.47 Å². The Morgan fingerprint density at radius 1 is 1.47 bits per heavy atom. The molecule has 0 saturated carbocycles. The Labute approximate surface area is 110 Å². The SMILES string of the molecule is COC(=O)c1sc(COCC(F)(F)C(F)F)nc1C. The normalized spacial score (nSPS) is 11.9. The molecule has 108 valence electrons. The van der Waals surface area contributed by atoms with E-state index in [-0.39, 0.29) is 16.5 Å². The largest absolute Gasteiger partial charge is 0.465 e. The molecule has 0 bridgehead atoms. The molecule has 0 amide bonds. The maximum Gasteiger partial charge on any atom is 0.349 e. The van der Waals surface area contributed by atoms with Crippen LogP contribution in [0.5, 0.6) is 0 Å². The number of carbonyl (C=O) groups is 1. The zero-order chi connectivity index (χ0) is 14.6. The molecule has 0 fully saturated rings. The lowest BCUT2D eigenvalue weighted by atomic mass is 10.4. The van der Waals surface area contributed by atoms with Crippen molar-refractivity contribution in [1.82, 2.24) is 4.98 Å². The number of halogens is 4. The van der Waals surface area contributed by atoms with E-state index in [1.54, 1.807) is 6.92 Å². The number of nitrogens with zero attached hydrogens (tertiary/aromatic N) is 1. The highest BCUT2D eigenvalue weighted by Gasteiger charge is 2.41. The van der Waals surface area contributed by atoms with Crippen LogP contribution in [0.1, 0.15) is 20.4 Å². The first kappa shape index (κ1) is 15.8. The second-order valence-electron chi connectivity index (χ2n) is 3.57. The molecule has 1 aromatic heterocycles. The fourth-order valence-corrected chi connectivity index (χ4v) is 2.05. The topological polar surface area (TPSA) is 48.4 Å². The molecule has 0 N–H and O–H groups in total. The van der Waals surface area contributed by atoms with Crippen molar-refractivity contribution in [2.24, 2.45) is 0 Å². The minimum Gasteiger partial charge on any atom is -0.465 e. The molecule has 0 unspecified atom stereocenters. The minimum atomic E-state index is -4.20. The molecule has 9 heteroatoms. The Kier molecular flexibility index (Phi) is 5.24. The zero-order valence-corrected chi connectivity index (χ0v) is 10.9. The van der Waals surface area contributed by atoms with Crippen LogP contribution in [0.2, 0.25) is 0 Å². The van der Waals surface area contributed by atoms with E-state index in [2.05, 4.69) is 14.5 Å². The molecular formula is C10H11F4NO3S. The van der Waals surface area contributed by atoms with Gasteiger partial charge in [0.05, 0.1) is 19.4 Å². The van der Waals surface area contributed by atoms with Crippen LogP contribution in [0.25, 0.3) is 0 Å². The smallest absolute Gasteiger partial charge is 0.349 e. The molecule has 4 nitrogen and oxygen atoms in total. The number of thiazole rings is 1. The van der Waals surface area contributed by atoms with Gasteiger partial charge in [-0.05, 0) is 6.92 Å². The highest BCUT2D eigenvalue weighted by molar-refractivity contribution is 7.13. The number of alkyl halides is 4. The number of hydrogen-bond donors (Lipinski definition) is 0. The molecule has 1 rings (SSSR count). The van der Waals surface area contributed by atoms with Gasteiger partial charge in [-0.15, -0.1) is 11.3 Å². The molecule has 0 spiro atoms. The van der Waals surface area contributed by atoms with Crippen LogP contribution < -0.4 is 0 Å². The second-order valence-corrected chi connectivity index (χ2v) is 4.65. The van der Waals surface area contributed by atoms with Gasteiger partial charge in [0.1, 0.15) is 16.5 Å². The lowest BCUT2D eigenvalue weighted by molar-refractivity contribution is -0.168. The number of ether oxygens (including phenoxy) is 2. The molecule has 0 radical (unpaired) electrons. The van der Waals surface area contributed by atoms with E-state index >= 15 is 0 Å². The summed E-state index contributed by atoms with van der Waals surface area (Å²) in [4.78, 5) is 15.4. The fourth-order valence-electron chi connectivity index (χ4n) is 1.13. The molecule has 0 aliphatic carbocycles. The van der Waals surface area contributed by atoms with Gasteiger partial charge in [0.25, 0.3) is 0 Å². The first-order chi connectivity index (χ1) is 8.77. The zero-order valence-electron chi connectivity index (χ0n) is 10.1. The van der Waals surface area contributed by atoms with Gasteiger partial charge in [-0.25, -0.2) is 18.6 Å². The molecule has 0 aromatic carbocycles. The molecule has 1 aromatic rings. The first-order valence-electron chi connectivity index (χ1n) is 5.06. The Hall–Kier alpha value is -1.22. The lowest BCUT2D eigenvalue weighted by Gasteiger charge is -2.14. The van der Waals surface area contributed by atoms with Gasteiger partial charge in [0.15, 0.2) is 0 Å². The van der Waals surface area contributed by atoms with Crippen molar-refractivity contribution in [3.05, 3.63) is 15.6 Å². The number of rotatable bonds is 6. The summed E-state index contributed by atoms with van der Waals surface area (Å²) in [7, 11) is 1.20. The summed E-state index contributed by atoms with van der Waals surface area (Å²) in [6, 6.07) is 0. The summed E-state index contributed by atoms with van der Waals surface area (Å²) in [6.45, 7) is -0.234. The van der Waals surface area contributed by atoms with Crippen LogP contribution in [0, 0.1) is 6.92 Å². The van der Waals surface area contributed by atoms with Crippen LogP contribution in [-0.2, 0) is 16.1 Å². The number of hydrogen-bond acceptors (Lipinski definition) is 5. The number of methoxy groups -OCH3 is 1. The molecule has 19 heavy (non-hydrogen) atoms. The molecule has 0 aliphatic rings. The fraction of sp³-hybridized carbons (Fsp3) is 0.600. The van der Waals surface area contributed by atoms with E-state index in [9.17, 15) is 22.4 Å². The molecular weight excluding hydrogens is 290 g/mol. The summed E-state index contributed by atoms with van der Waals surface area (Å²) in [5.74, 6) is -4.79. The van der Waals surface area contributed by atoms with Crippen molar-refractivity contribution in [1.29, 1.82) is 0 Å². The average Bonchev–Trinajstić information content (AvgIpc) is 2.69. The maximum absolute atomic E-state index is 12.6. The van der Waals surface area contributed by atoms with Crippen molar-refractivity contribution in [2.45, 2.75) is 25.9 Å². The van der Waals surface area contributed by atoms with Gasteiger partial charge >= 0.3 is 18.3 Å². The number of aromatic nitrogens is 1. The third-order valence-electron chi connectivity index (χ3n) is 2.05. The molecule has 0 aliphatic heterocycles. The van der Waals surface area contributed by atoms with Crippen LogP contribution in [-0.4, -0.2) is 37.0 Å². The van der Waals surface area contributed by atoms with Gasteiger partial charge in [0.2, 0.25) is 0 Å². The molecule has 0 saturated heterocycles. The predicted molar refractivity (Wildman–Crippen MR) is 58.8 cm³/mol. The van der Waals surface area contributed by atoms with Gasteiger partial charge in [-0.1, -0.05) is 0 Å². The third kappa shape index (κ3) is 4.13. The Balaban J connectivity index is 2.58. The van der Waals surface area contributed by atoms with Gasteiger partial charge in [-0.2, -0.15) is 8.78 Å². The average molecular weight is 301 g/mol. The highest BCUT2D eigenvalue weighted by atomic mass is 32.1. The quantitative estimate of drug-likeness (QED) is 0.599. The van der Waals surface area contributed by atoms with Crippen molar-refractivity contribution in [3.63, 3.8) is 0 Å².